The summed E-state index contributed by atoms with van der Waals surface area (Å²) in [5.41, 5.74) is 0.442. The first-order valence-electron chi connectivity index (χ1n) is 11.9. The Labute approximate surface area is 215 Å². The standard InChI is InChI=1S/C24H38N4O9/c1-13(2)9-16(26-18(30)11-25-3)23(36)28-17(12-29)20(33)21(34)22(35)24(37)27-15(10-19(31)32)14-7-5-4-6-8-14/h4-8,13,15-17,20-22,25,29,33-35H,9-12H2,1-3H3,(H,26,30)(H,27,37)(H,28,36)(H,31,32)/t15-,16-,17-,20+,21+,22-/m0/s1. The lowest BCUT2D eigenvalue weighted by Crippen LogP contribution is -2.59. The molecule has 0 radical (unpaired) electrons. The van der Waals surface area contributed by atoms with Crippen LogP contribution in [0.25, 0.3) is 0 Å². The SMILES string of the molecule is CNCC(=O)N[C@@H](CC(C)C)C(=O)N[C@@H](CO)[C@@H](O)[C@@H](O)[C@H](O)C(=O)N[C@@H](CC(=O)O)c1ccccc1. The highest BCUT2D eigenvalue weighted by molar-refractivity contribution is 5.88. The Morgan fingerprint density at radius 1 is 0.892 bits per heavy atom. The Morgan fingerprint density at radius 3 is 2.03 bits per heavy atom. The molecule has 0 unspecified atom stereocenters. The molecule has 13 nitrogen and oxygen atoms in total. The van der Waals surface area contributed by atoms with Crippen molar-refractivity contribution in [1.29, 1.82) is 0 Å². The molecule has 0 aliphatic heterocycles. The monoisotopic (exact) mass is 526 g/mol. The third-order valence-electron chi connectivity index (χ3n) is 5.47. The molecule has 0 aromatic heterocycles. The van der Waals surface area contributed by atoms with E-state index in [1.165, 1.54) is 0 Å². The van der Waals surface area contributed by atoms with Crippen LogP contribution < -0.4 is 21.3 Å². The topological polar surface area (TPSA) is 218 Å². The number of aliphatic hydroxyl groups is 4. The second-order valence-corrected chi connectivity index (χ2v) is 9.07. The van der Waals surface area contributed by atoms with E-state index in [4.69, 9.17) is 5.11 Å². The Morgan fingerprint density at radius 2 is 1.51 bits per heavy atom. The minimum absolute atomic E-state index is 0.00241. The van der Waals surface area contributed by atoms with Crippen molar-refractivity contribution in [3.05, 3.63) is 35.9 Å². The molecule has 0 saturated heterocycles. The quantitative estimate of drug-likeness (QED) is 0.111. The van der Waals surface area contributed by atoms with Crippen LogP contribution in [0.5, 0.6) is 0 Å². The van der Waals surface area contributed by atoms with Crippen LogP contribution >= 0.6 is 0 Å². The molecule has 0 saturated carbocycles. The zero-order valence-corrected chi connectivity index (χ0v) is 21.1. The molecule has 0 fully saturated rings. The van der Waals surface area contributed by atoms with E-state index >= 15 is 0 Å². The van der Waals surface area contributed by atoms with Gasteiger partial charge in [0.25, 0.3) is 5.91 Å². The number of rotatable bonds is 16. The van der Waals surface area contributed by atoms with Gasteiger partial charge in [0.2, 0.25) is 11.8 Å². The average molecular weight is 527 g/mol. The van der Waals surface area contributed by atoms with Gasteiger partial charge in [-0.3, -0.25) is 19.2 Å². The van der Waals surface area contributed by atoms with E-state index in [1.807, 2.05) is 13.8 Å². The van der Waals surface area contributed by atoms with Crippen molar-refractivity contribution in [1.82, 2.24) is 21.3 Å². The van der Waals surface area contributed by atoms with Gasteiger partial charge in [-0.25, -0.2) is 0 Å². The maximum absolute atomic E-state index is 12.8. The number of likely N-dealkylation sites (N-methyl/N-ethyl adjacent to an activating group) is 1. The number of carbonyl (C=O) groups excluding carboxylic acids is 3. The maximum Gasteiger partial charge on any atom is 0.305 e. The number of benzene rings is 1. The molecule has 13 heteroatoms. The van der Waals surface area contributed by atoms with Crippen LogP contribution in [0.3, 0.4) is 0 Å². The van der Waals surface area contributed by atoms with Crippen LogP contribution in [0.2, 0.25) is 0 Å². The van der Waals surface area contributed by atoms with Gasteiger partial charge in [-0.2, -0.15) is 0 Å². The predicted octanol–water partition coefficient (Wildman–Crippen LogP) is -2.37. The Balaban J connectivity index is 2.91. The largest absolute Gasteiger partial charge is 0.481 e. The molecule has 9 N–H and O–H groups in total. The molecular formula is C24H38N4O9. The number of carbonyl (C=O) groups is 4. The first-order valence-corrected chi connectivity index (χ1v) is 11.9. The molecule has 6 atom stereocenters. The molecule has 0 bridgehead atoms. The van der Waals surface area contributed by atoms with Gasteiger partial charge >= 0.3 is 5.97 Å². The van der Waals surface area contributed by atoms with Gasteiger partial charge < -0.3 is 46.8 Å². The number of hydrogen-bond donors (Lipinski definition) is 9. The third kappa shape index (κ3) is 10.8. The van der Waals surface area contributed by atoms with E-state index < -0.39 is 73.2 Å². The maximum atomic E-state index is 12.8. The lowest BCUT2D eigenvalue weighted by Gasteiger charge is -2.30. The fraction of sp³-hybridized carbons (Fsp3) is 0.583. The number of carboxylic acid groups (broad SMARTS) is 1. The minimum atomic E-state index is -2.22. The summed E-state index contributed by atoms with van der Waals surface area (Å²) < 4.78 is 0. The summed E-state index contributed by atoms with van der Waals surface area (Å²) in [4.78, 5) is 48.5. The summed E-state index contributed by atoms with van der Waals surface area (Å²) in [6, 6.07) is 4.58. The summed E-state index contributed by atoms with van der Waals surface area (Å²) in [6.07, 6.45) is -6.62. The molecule has 1 aromatic carbocycles. The van der Waals surface area contributed by atoms with Crippen molar-refractivity contribution in [2.24, 2.45) is 5.92 Å². The molecule has 208 valence electrons. The molecule has 37 heavy (non-hydrogen) atoms. The fourth-order valence-corrected chi connectivity index (χ4v) is 3.58. The molecular weight excluding hydrogens is 488 g/mol. The number of nitrogens with one attached hydrogen (secondary N) is 4. The molecule has 0 heterocycles. The van der Waals surface area contributed by atoms with Gasteiger partial charge in [-0.05, 0) is 24.9 Å². The molecule has 0 spiro atoms. The highest BCUT2D eigenvalue weighted by atomic mass is 16.4. The van der Waals surface area contributed by atoms with Crippen LogP contribution in [0.4, 0.5) is 0 Å². The van der Waals surface area contributed by atoms with Crippen LogP contribution in [-0.2, 0) is 19.2 Å². The van der Waals surface area contributed by atoms with Crippen LogP contribution in [0, 0.1) is 5.92 Å². The zero-order valence-electron chi connectivity index (χ0n) is 21.1. The Kier molecular flexibility index (Phi) is 13.7. The molecule has 0 aliphatic rings. The summed E-state index contributed by atoms with van der Waals surface area (Å²) in [6.45, 7) is 2.76. The summed E-state index contributed by atoms with van der Waals surface area (Å²) in [7, 11) is 1.56. The lowest BCUT2D eigenvalue weighted by molar-refractivity contribution is -0.145. The number of aliphatic hydroxyl groups excluding tert-OH is 4. The van der Waals surface area contributed by atoms with Gasteiger partial charge in [0.05, 0.1) is 31.7 Å². The van der Waals surface area contributed by atoms with E-state index in [1.54, 1.807) is 37.4 Å². The van der Waals surface area contributed by atoms with Gasteiger partial charge in [0.15, 0.2) is 6.10 Å². The van der Waals surface area contributed by atoms with Crippen molar-refractivity contribution in [2.45, 2.75) is 63.1 Å². The van der Waals surface area contributed by atoms with Crippen molar-refractivity contribution in [3.8, 4) is 0 Å². The van der Waals surface area contributed by atoms with Crippen molar-refractivity contribution < 1.29 is 44.7 Å². The third-order valence-corrected chi connectivity index (χ3v) is 5.47. The number of aliphatic carboxylic acids is 1. The summed E-state index contributed by atoms with van der Waals surface area (Å²) >= 11 is 0. The van der Waals surface area contributed by atoms with Gasteiger partial charge in [0.1, 0.15) is 18.2 Å². The Hall–Kier alpha value is -3.10. The smallest absolute Gasteiger partial charge is 0.305 e. The molecule has 1 aromatic rings. The lowest BCUT2D eigenvalue weighted by atomic mass is 9.98. The number of carboxylic acids is 1. The summed E-state index contributed by atoms with van der Waals surface area (Å²) in [5, 5.41) is 60.0. The first-order chi connectivity index (χ1) is 17.4. The van der Waals surface area contributed by atoms with Crippen LogP contribution in [0.15, 0.2) is 30.3 Å². The Bertz CT molecular complexity index is 884. The number of amides is 3. The molecule has 0 aliphatic carbocycles. The predicted molar refractivity (Wildman–Crippen MR) is 132 cm³/mol. The molecule has 1 rings (SSSR count). The van der Waals surface area contributed by atoms with Gasteiger partial charge in [-0.1, -0.05) is 44.2 Å². The highest BCUT2D eigenvalue weighted by Crippen LogP contribution is 2.17. The normalized spacial score (nSPS) is 16.1. The van der Waals surface area contributed by atoms with E-state index in [0.717, 1.165) is 0 Å². The van der Waals surface area contributed by atoms with Gasteiger partial charge in [-0.15, -0.1) is 0 Å². The highest BCUT2D eigenvalue weighted by Gasteiger charge is 2.37. The van der Waals surface area contributed by atoms with Crippen LogP contribution in [-0.4, -0.2) is 99.8 Å². The van der Waals surface area contributed by atoms with E-state index in [-0.39, 0.29) is 18.9 Å². The summed E-state index contributed by atoms with van der Waals surface area (Å²) in [5.74, 6) is -3.58. The second-order valence-electron chi connectivity index (χ2n) is 9.07. The van der Waals surface area contributed by atoms with Crippen molar-refractivity contribution in [2.75, 3.05) is 20.2 Å². The number of hydrogen-bond acceptors (Lipinski definition) is 9. The minimum Gasteiger partial charge on any atom is -0.481 e. The van der Waals surface area contributed by atoms with Crippen molar-refractivity contribution in [3.63, 3.8) is 0 Å². The average Bonchev–Trinajstić information content (AvgIpc) is 2.85. The van der Waals surface area contributed by atoms with E-state index in [2.05, 4.69) is 21.3 Å². The van der Waals surface area contributed by atoms with E-state index in [9.17, 15) is 39.6 Å². The fourth-order valence-electron chi connectivity index (χ4n) is 3.58. The zero-order chi connectivity index (χ0) is 28.1. The van der Waals surface area contributed by atoms with Gasteiger partial charge in [0, 0.05) is 0 Å². The van der Waals surface area contributed by atoms with Crippen LogP contribution in [0.1, 0.15) is 38.3 Å². The van der Waals surface area contributed by atoms with Crippen molar-refractivity contribution >= 4 is 23.7 Å². The molecule has 3 amide bonds. The first kappa shape index (κ1) is 31.9. The van der Waals surface area contributed by atoms with E-state index in [0.29, 0.717) is 5.56 Å². The second kappa shape index (κ2) is 15.9.